The van der Waals surface area contributed by atoms with Crippen LogP contribution in [0.5, 0.6) is 0 Å². The van der Waals surface area contributed by atoms with Gasteiger partial charge in [0.1, 0.15) is 0 Å². The number of nitrogens with zero attached hydrogens (tertiary/aromatic N) is 2. The van der Waals surface area contributed by atoms with Crippen molar-refractivity contribution in [2.45, 2.75) is 32.5 Å². The number of halogens is 3. The zero-order valence-corrected chi connectivity index (χ0v) is 17.7. The van der Waals surface area contributed by atoms with Crippen molar-refractivity contribution >= 4 is 11.6 Å². The van der Waals surface area contributed by atoms with Crippen molar-refractivity contribution in [3.05, 3.63) is 71.5 Å². The Morgan fingerprint density at radius 1 is 1.10 bits per heavy atom. The van der Waals surface area contributed by atoms with Gasteiger partial charge in [-0.1, -0.05) is 42.5 Å². The fraction of sp³-hybridized carbons (Fsp3) is 0.304. The summed E-state index contributed by atoms with van der Waals surface area (Å²) in [6, 6.07) is 14.6. The van der Waals surface area contributed by atoms with E-state index in [0.29, 0.717) is 17.9 Å². The summed E-state index contributed by atoms with van der Waals surface area (Å²) in [5.74, 6) is -0.873. The van der Waals surface area contributed by atoms with Crippen molar-refractivity contribution in [1.82, 2.24) is 9.78 Å². The second kappa shape index (κ2) is 8.55. The van der Waals surface area contributed by atoms with E-state index in [1.165, 1.54) is 7.05 Å². The molecule has 0 aliphatic carbocycles. The van der Waals surface area contributed by atoms with Gasteiger partial charge >= 0.3 is 6.18 Å². The maximum Gasteiger partial charge on any atom is 0.435 e. The molecule has 3 rings (SSSR count). The van der Waals surface area contributed by atoms with Gasteiger partial charge in [-0.05, 0) is 38.0 Å². The third-order valence-electron chi connectivity index (χ3n) is 4.91. The Hall–Kier alpha value is -3.13. The van der Waals surface area contributed by atoms with Gasteiger partial charge in [-0.15, -0.1) is 0 Å². The molecule has 0 bridgehead atoms. The predicted octanol–water partition coefficient (Wildman–Crippen LogP) is 5.63. The lowest BCUT2D eigenvalue weighted by Gasteiger charge is -2.25. The van der Waals surface area contributed by atoms with Crippen molar-refractivity contribution < 1.29 is 22.7 Å². The molecule has 164 valence electrons. The quantitative estimate of drug-likeness (QED) is 0.550. The SMILES string of the molecule is CCOC(C)(C)c1ccc(-c2ccccc2NC(=O)c2cn(C)nc2C(F)(F)F)cc1. The first kappa shape index (κ1) is 22.6. The number of hydrogen-bond donors (Lipinski definition) is 1. The van der Waals surface area contributed by atoms with E-state index in [2.05, 4.69) is 10.4 Å². The number of carbonyl (C=O) groups is 1. The highest BCUT2D eigenvalue weighted by Crippen LogP contribution is 2.33. The van der Waals surface area contributed by atoms with Gasteiger partial charge in [-0.3, -0.25) is 9.48 Å². The molecule has 0 saturated heterocycles. The van der Waals surface area contributed by atoms with E-state index in [1.807, 2.05) is 45.0 Å². The van der Waals surface area contributed by atoms with Crippen molar-refractivity contribution in [2.24, 2.45) is 7.05 Å². The lowest BCUT2D eigenvalue weighted by atomic mass is 9.94. The van der Waals surface area contributed by atoms with E-state index >= 15 is 0 Å². The second-order valence-electron chi connectivity index (χ2n) is 7.58. The first-order valence-corrected chi connectivity index (χ1v) is 9.79. The van der Waals surface area contributed by atoms with E-state index in [-0.39, 0.29) is 0 Å². The van der Waals surface area contributed by atoms with Gasteiger partial charge in [0, 0.05) is 31.1 Å². The van der Waals surface area contributed by atoms with Crippen LogP contribution >= 0.6 is 0 Å². The number of aromatic nitrogens is 2. The van der Waals surface area contributed by atoms with E-state index in [1.54, 1.807) is 24.3 Å². The molecular weight excluding hydrogens is 407 g/mol. The highest BCUT2D eigenvalue weighted by atomic mass is 19.4. The van der Waals surface area contributed by atoms with E-state index in [9.17, 15) is 18.0 Å². The van der Waals surface area contributed by atoms with Crippen LogP contribution in [0.2, 0.25) is 0 Å². The molecular formula is C23H24F3N3O2. The fourth-order valence-corrected chi connectivity index (χ4v) is 3.39. The number of aryl methyl sites for hydroxylation is 1. The number of para-hydroxylation sites is 1. The lowest BCUT2D eigenvalue weighted by Crippen LogP contribution is -2.21. The Balaban J connectivity index is 1.91. The number of alkyl halides is 3. The maximum absolute atomic E-state index is 13.2. The highest BCUT2D eigenvalue weighted by Gasteiger charge is 2.39. The zero-order valence-electron chi connectivity index (χ0n) is 17.7. The first-order valence-electron chi connectivity index (χ1n) is 9.79. The van der Waals surface area contributed by atoms with Gasteiger partial charge in [-0.25, -0.2) is 0 Å². The molecule has 31 heavy (non-hydrogen) atoms. The Kier molecular flexibility index (Phi) is 6.22. The normalized spacial score (nSPS) is 12.1. The molecule has 0 saturated carbocycles. The molecule has 5 nitrogen and oxygen atoms in total. The number of benzene rings is 2. The summed E-state index contributed by atoms with van der Waals surface area (Å²) in [6.45, 7) is 6.47. The third-order valence-corrected chi connectivity index (χ3v) is 4.91. The fourth-order valence-electron chi connectivity index (χ4n) is 3.39. The molecule has 1 N–H and O–H groups in total. The molecule has 3 aromatic rings. The topological polar surface area (TPSA) is 56.1 Å². The van der Waals surface area contributed by atoms with E-state index in [4.69, 9.17) is 4.74 Å². The van der Waals surface area contributed by atoms with Gasteiger partial charge in [0.25, 0.3) is 5.91 Å². The van der Waals surface area contributed by atoms with Crippen LogP contribution in [0, 0.1) is 0 Å². The smallest absolute Gasteiger partial charge is 0.371 e. The molecule has 0 aliphatic heterocycles. The van der Waals surface area contributed by atoms with Crippen molar-refractivity contribution in [3.8, 4) is 11.1 Å². The standard InChI is InChI=1S/C23H24F3N3O2/c1-5-31-22(2,3)16-12-10-15(11-13-16)17-8-6-7-9-19(17)27-21(30)18-14-29(4)28-20(18)23(24,25)26/h6-14H,5H2,1-4H3,(H,27,30). The minimum atomic E-state index is -4.73. The van der Waals surface area contributed by atoms with Crippen molar-refractivity contribution in [1.29, 1.82) is 0 Å². The maximum atomic E-state index is 13.2. The summed E-state index contributed by atoms with van der Waals surface area (Å²) in [5.41, 5.74) is 0.704. The molecule has 1 amide bonds. The monoisotopic (exact) mass is 431 g/mol. The van der Waals surface area contributed by atoms with Crippen LogP contribution in [0.15, 0.2) is 54.7 Å². The van der Waals surface area contributed by atoms with E-state index < -0.39 is 28.9 Å². The average Bonchev–Trinajstić information content (AvgIpc) is 3.11. The minimum Gasteiger partial charge on any atom is -0.371 e. The summed E-state index contributed by atoms with van der Waals surface area (Å²) in [6.07, 6.45) is -3.66. The number of anilines is 1. The first-order chi connectivity index (χ1) is 14.5. The molecule has 0 unspecified atom stereocenters. The van der Waals surface area contributed by atoms with Crippen LogP contribution in [-0.2, 0) is 23.6 Å². The van der Waals surface area contributed by atoms with Gasteiger partial charge in [-0.2, -0.15) is 18.3 Å². The summed E-state index contributed by atoms with van der Waals surface area (Å²) in [5, 5.41) is 5.99. The lowest BCUT2D eigenvalue weighted by molar-refractivity contribution is -0.141. The molecule has 1 heterocycles. The summed E-state index contributed by atoms with van der Waals surface area (Å²) < 4.78 is 46.4. The summed E-state index contributed by atoms with van der Waals surface area (Å²) in [4.78, 5) is 12.7. The molecule has 0 fully saturated rings. The Morgan fingerprint density at radius 3 is 2.35 bits per heavy atom. The van der Waals surface area contributed by atoms with Gasteiger partial charge in [0.15, 0.2) is 5.69 Å². The van der Waals surface area contributed by atoms with Gasteiger partial charge in [0.2, 0.25) is 0 Å². The van der Waals surface area contributed by atoms with Crippen molar-refractivity contribution in [3.63, 3.8) is 0 Å². The Labute approximate surface area is 178 Å². The van der Waals surface area contributed by atoms with Crippen LogP contribution < -0.4 is 5.32 Å². The molecule has 8 heteroatoms. The summed E-state index contributed by atoms with van der Waals surface area (Å²) in [7, 11) is 1.34. The molecule has 2 aromatic carbocycles. The predicted molar refractivity (Wildman–Crippen MR) is 113 cm³/mol. The number of amides is 1. The number of hydrogen-bond acceptors (Lipinski definition) is 3. The molecule has 0 atom stereocenters. The number of carbonyl (C=O) groups excluding carboxylic acids is 1. The van der Waals surface area contributed by atoms with Crippen LogP contribution in [-0.4, -0.2) is 22.3 Å². The highest BCUT2D eigenvalue weighted by molar-refractivity contribution is 6.07. The number of nitrogens with one attached hydrogen (secondary N) is 1. The van der Waals surface area contributed by atoms with Crippen molar-refractivity contribution in [2.75, 3.05) is 11.9 Å². The third kappa shape index (κ3) is 4.96. The molecule has 0 spiro atoms. The summed E-state index contributed by atoms with van der Waals surface area (Å²) >= 11 is 0. The zero-order chi connectivity index (χ0) is 22.8. The second-order valence-corrected chi connectivity index (χ2v) is 7.58. The largest absolute Gasteiger partial charge is 0.435 e. The van der Waals surface area contributed by atoms with Gasteiger partial charge in [0.05, 0.1) is 11.2 Å². The number of rotatable bonds is 6. The molecule has 1 aromatic heterocycles. The van der Waals surface area contributed by atoms with Crippen LogP contribution in [0.3, 0.4) is 0 Å². The van der Waals surface area contributed by atoms with Crippen LogP contribution in [0.1, 0.15) is 42.4 Å². The molecule has 0 radical (unpaired) electrons. The minimum absolute atomic E-state index is 0.404. The Bertz CT molecular complexity index is 1070. The average molecular weight is 431 g/mol. The Morgan fingerprint density at radius 2 is 1.74 bits per heavy atom. The van der Waals surface area contributed by atoms with Crippen LogP contribution in [0.25, 0.3) is 11.1 Å². The van der Waals surface area contributed by atoms with Gasteiger partial charge < -0.3 is 10.1 Å². The van der Waals surface area contributed by atoms with E-state index in [0.717, 1.165) is 22.0 Å². The van der Waals surface area contributed by atoms with Crippen LogP contribution in [0.4, 0.5) is 18.9 Å². The molecule has 0 aliphatic rings. The number of ether oxygens (including phenoxy) is 1.